The van der Waals surface area contributed by atoms with E-state index < -0.39 is 3.93 Å². The van der Waals surface area contributed by atoms with Crippen molar-refractivity contribution in [3.05, 3.63) is 0 Å². The lowest BCUT2D eigenvalue weighted by atomic mass is 10.3. The summed E-state index contributed by atoms with van der Waals surface area (Å²) < 4.78 is -1.38. The number of hydrogen-bond donors (Lipinski definition) is 0. The van der Waals surface area contributed by atoms with Crippen LogP contribution in [0.1, 0.15) is 19.3 Å². The molecule has 0 rings (SSSR count). The van der Waals surface area contributed by atoms with Crippen LogP contribution in [0.4, 0.5) is 0 Å². The minimum atomic E-state index is -1.38. The van der Waals surface area contributed by atoms with E-state index in [0.29, 0.717) is 6.42 Å². The molecule has 0 aliphatic carbocycles. The normalized spacial score (nSPS) is 11.0. The third-order valence-electron chi connectivity index (χ3n) is 0.999. The van der Waals surface area contributed by atoms with Gasteiger partial charge in [0.05, 0.1) is 6.07 Å². The van der Waals surface area contributed by atoms with Gasteiger partial charge in [0, 0.05) is 6.42 Å². The van der Waals surface area contributed by atoms with E-state index in [1.807, 2.05) is 0 Å². The van der Waals surface area contributed by atoms with Crippen molar-refractivity contribution in [2.45, 2.75) is 25.3 Å². The molecule has 0 bridgehead atoms. The third kappa shape index (κ3) is 9.15. The minimum absolute atomic E-state index is 0.678. The van der Waals surface area contributed by atoms with Gasteiger partial charge in [-0.1, -0.05) is 52.3 Å². The van der Waals surface area contributed by atoms with Gasteiger partial charge < -0.3 is 0 Å². The zero-order chi connectivity index (χ0) is 8.04. The molecule has 58 valence electrons. The summed E-state index contributed by atoms with van der Waals surface area (Å²) >= 11 is 10.6. The Balaban J connectivity index is 3.14. The second kappa shape index (κ2) is 5.75. The van der Waals surface area contributed by atoms with Crippen molar-refractivity contribution in [3.63, 3.8) is 0 Å². The largest absolute Gasteiger partial charge is 0.267 e. The zero-order valence-corrected chi connectivity index (χ0v) is 11.2. The summed E-state index contributed by atoms with van der Waals surface area (Å²) in [4.78, 5) is 0. The Morgan fingerprint density at radius 2 is 1.80 bits per heavy atom. The maximum absolute atomic E-state index is 8.22. The molecule has 0 unspecified atom stereocenters. The molecule has 0 atom stereocenters. The van der Waals surface area contributed by atoms with E-state index in [9.17, 15) is 0 Å². The Morgan fingerprint density at radius 1 is 1.20 bits per heavy atom. The van der Waals surface area contributed by atoms with Crippen molar-refractivity contribution in [1.29, 1.82) is 5.26 Å². The third-order valence-corrected chi connectivity index (χ3v) is 5.49. The summed E-state index contributed by atoms with van der Waals surface area (Å²) in [7, 11) is 0. The van der Waals surface area contributed by atoms with Gasteiger partial charge in [0.15, 0.2) is 0 Å². The molecule has 0 spiro atoms. The molecule has 0 aliphatic rings. The van der Waals surface area contributed by atoms with Crippen LogP contribution in [-0.4, -0.2) is 3.93 Å². The topological polar surface area (TPSA) is 23.8 Å². The second-order valence-electron chi connectivity index (χ2n) is 1.98. The molecule has 0 aliphatic heterocycles. The Labute approximate surface area is 85.9 Å². The van der Waals surface area contributed by atoms with E-state index in [1.165, 1.54) is 0 Å². The number of halogens is 3. The quantitative estimate of drug-likeness (QED) is 0.430. The molecule has 0 saturated heterocycles. The van der Waals surface area contributed by atoms with E-state index >= 15 is 0 Å². The molecule has 0 aromatic heterocycles. The molecule has 0 N–H and O–H groups in total. The number of nitriles is 1. The number of hydrogen-bond acceptors (Lipinski definition) is 1. The lowest BCUT2D eigenvalue weighted by Crippen LogP contribution is -2.04. The molecule has 10 heavy (non-hydrogen) atoms. The van der Waals surface area contributed by atoms with E-state index in [2.05, 4.69) is 51.9 Å². The van der Waals surface area contributed by atoms with Crippen LogP contribution < -0.4 is 0 Å². The van der Waals surface area contributed by atoms with Gasteiger partial charge in [-0.25, -0.2) is 0 Å². The van der Waals surface area contributed by atoms with Gasteiger partial charge in [0.25, 0.3) is 3.93 Å². The Kier molecular flexibility index (Phi) is 6.41. The summed E-state index contributed by atoms with van der Waals surface area (Å²) in [5.41, 5.74) is 0. The lowest BCUT2D eigenvalue weighted by Gasteiger charge is -2.06. The van der Waals surface area contributed by atoms with Crippen LogP contribution >= 0.6 is 45.9 Å². The van der Waals surface area contributed by atoms with Crippen LogP contribution in [0, 0.1) is 11.3 Å². The van der Waals surface area contributed by atoms with Gasteiger partial charge in [-0.2, -0.15) is 5.26 Å². The van der Waals surface area contributed by atoms with E-state index in [4.69, 9.17) is 5.26 Å². The number of unbranched alkanes of at least 4 members (excludes halogenated alkanes) is 2. The monoisotopic (exact) mass is 347 g/mol. The summed E-state index contributed by atoms with van der Waals surface area (Å²) in [5.74, 6) is 0. The van der Waals surface area contributed by atoms with Crippen LogP contribution in [-0.2, 0) is 0 Å². The fourth-order valence-electron chi connectivity index (χ4n) is 0.530. The van der Waals surface area contributed by atoms with Crippen LogP contribution in [0.5, 0.6) is 0 Å². The standard InChI is InChI=1S/C5H8Br3NSi/c6-10(7,8)5-3-1-2-4-9/h1-3,5H2. The van der Waals surface area contributed by atoms with Gasteiger partial charge in [-0.15, -0.1) is 0 Å². The van der Waals surface area contributed by atoms with Crippen LogP contribution in [0.3, 0.4) is 0 Å². The Morgan fingerprint density at radius 3 is 2.20 bits per heavy atom. The van der Waals surface area contributed by atoms with Crippen LogP contribution in [0.2, 0.25) is 6.04 Å². The highest BCUT2D eigenvalue weighted by atomic mass is 80.0. The number of rotatable bonds is 4. The predicted octanol–water partition coefficient (Wildman–Crippen LogP) is 3.80. The molecule has 0 aromatic carbocycles. The average Bonchev–Trinajstić information content (AvgIpc) is 1.78. The summed E-state index contributed by atoms with van der Waals surface area (Å²) in [6.45, 7) is 0. The first-order valence-electron chi connectivity index (χ1n) is 3.00. The first-order valence-corrected chi connectivity index (χ1v) is 12.0. The van der Waals surface area contributed by atoms with Crippen molar-refractivity contribution >= 4 is 49.8 Å². The molecule has 0 amide bonds. The first kappa shape index (κ1) is 11.1. The highest BCUT2D eigenvalue weighted by molar-refractivity contribution is 9.72. The van der Waals surface area contributed by atoms with E-state index in [1.54, 1.807) is 0 Å². The molecule has 0 fully saturated rings. The average molecular weight is 350 g/mol. The molecule has 1 nitrogen and oxygen atoms in total. The van der Waals surface area contributed by atoms with Gasteiger partial charge in [0.2, 0.25) is 0 Å². The van der Waals surface area contributed by atoms with Crippen molar-refractivity contribution in [1.82, 2.24) is 0 Å². The van der Waals surface area contributed by atoms with Crippen molar-refractivity contribution in [2.24, 2.45) is 0 Å². The van der Waals surface area contributed by atoms with Gasteiger partial charge in [-0.05, 0) is 12.5 Å². The molecular formula is C5H8Br3NSi. The second-order valence-corrected chi connectivity index (χ2v) is 25.5. The minimum Gasteiger partial charge on any atom is -0.198 e. The van der Waals surface area contributed by atoms with E-state index in [-0.39, 0.29) is 0 Å². The summed E-state index contributed by atoms with van der Waals surface area (Å²) in [6, 6.07) is 3.24. The smallest absolute Gasteiger partial charge is 0.198 e. The van der Waals surface area contributed by atoms with E-state index in [0.717, 1.165) is 18.9 Å². The Hall–Kier alpha value is 1.15. The van der Waals surface area contributed by atoms with Crippen molar-refractivity contribution in [2.75, 3.05) is 0 Å². The Bertz CT molecular complexity index is 126. The van der Waals surface area contributed by atoms with Crippen LogP contribution in [0.25, 0.3) is 0 Å². The van der Waals surface area contributed by atoms with Gasteiger partial charge in [-0.3, -0.25) is 0 Å². The zero-order valence-electron chi connectivity index (χ0n) is 5.41. The molecule has 0 aromatic rings. The van der Waals surface area contributed by atoms with Crippen molar-refractivity contribution in [3.8, 4) is 6.07 Å². The maximum atomic E-state index is 8.22. The molecule has 0 heterocycles. The highest BCUT2D eigenvalue weighted by Gasteiger charge is 2.20. The summed E-state index contributed by atoms with van der Waals surface area (Å²) in [6.07, 6.45) is 2.80. The van der Waals surface area contributed by atoms with Gasteiger partial charge >= 0.3 is 0 Å². The van der Waals surface area contributed by atoms with Crippen molar-refractivity contribution < 1.29 is 0 Å². The lowest BCUT2D eigenvalue weighted by molar-refractivity contribution is 0.819. The SMILES string of the molecule is N#CCCCC[Si](Br)(Br)Br. The molecule has 0 radical (unpaired) electrons. The maximum Gasteiger partial charge on any atom is 0.267 e. The van der Waals surface area contributed by atoms with Gasteiger partial charge in [0.1, 0.15) is 0 Å². The molecule has 0 saturated carbocycles. The fraction of sp³-hybridized carbons (Fsp3) is 0.800. The van der Waals surface area contributed by atoms with Crippen LogP contribution in [0.15, 0.2) is 0 Å². The fourth-order valence-corrected chi connectivity index (χ4v) is 3.70. The molecular weight excluding hydrogens is 342 g/mol. The molecule has 5 heteroatoms. The predicted molar refractivity (Wildman–Crippen MR) is 56.8 cm³/mol. The first-order chi connectivity index (χ1) is 4.56. The highest BCUT2D eigenvalue weighted by Crippen LogP contribution is 2.33. The number of nitrogens with zero attached hydrogens (tertiary/aromatic N) is 1. The summed E-state index contributed by atoms with van der Waals surface area (Å²) in [5, 5.41) is 8.22.